The first-order valence-corrected chi connectivity index (χ1v) is 11.5. The van der Waals surface area contributed by atoms with Crippen molar-refractivity contribution in [1.82, 2.24) is 33.6 Å². The second-order valence-electron chi connectivity index (χ2n) is 8.75. The van der Waals surface area contributed by atoms with E-state index in [4.69, 9.17) is 0 Å². The Hall–Kier alpha value is -3.75. The third-order valence-electron chi connectivity index (χ3n) is 6.67. The maximum Gasteiger partial charge on any atom is 0.335 e. The number of pyridine rings is 2. The van der Waals surface area contributed by atoms with Crippen LogP contribution in [0.4, 0.5) is 0 Å². The van der Waals surface area contributed by atoms with Crippen LogP contribution in [0.1, 0.15) is 18.3 Å². The highest BCUT2D eigenvalue weighted by molar-refractivity contribution is 5.85. The van der Waals surface area contributed by atoms with Gasteiger partial charge in [-0.3, -0.25) is 19.0 Å². The third kappa shape index (κ3) is 4.15. The number of aromatic nitrogens is 6. The van der Waals surface area contributed by atoms with Gasteiger partial charge in [0.1, 0.15) is 5.82 Å². The maximum absolute atomic E-state index is 13.8. The van der Waals surface area contributed by atoms with Gasteiger partial charge in [-0.05, 0) is 53.9 Å². The minimum Gasteiger partial charge on any atom is -0.337 e. The van der Waals surface area contributed by atoms with E-state index >= 15 is 0 Å². The lowest BCUT2D eigenvalue weighted by molar-refractivity contribution is 0.304. The van der Waals surface area contributed by atoms with Gasteiger partial charge >= 0.3 is 5.69 Å². The molecule has 4 aromatic heterocycles. The van der Waals surface area contributed by atoms with Crippen molar-refractivity contribution in [3.05, 3.63) is 95.8 Å². The van der Waals surface area contributed by atoms with Crippen LogP contribution in [0.25, 0.3) is 28.0 Å². The normalized spacial score (nSPS) is 16.0. The predicted molar refractivity (Wildman–Crippen MR) is 138 cm³/mol. The molecule has 1 aliphatic rings. The van der Waals surface area contributed by atoms with Crippen LogP contribution in [0.15, 0.2) is 84.3 Å². The van der Waals surface area contributed by atoms with Crippen molar-refractivity contribution in [3.8, 4) is 16.8 Å². The van der Waals surface area contributed by atoms with Crippen LogP contribution < -0.4 is 5.69 Å². The highest BCUT2D eigenvalue weighted by Crippen LogP contribution is 2.27. The minimum atomic E-state index is -0.0470. The van der Waals surface area contributed by atoms with E-state index < -0.39 is 0 Å². The summed E-state index contributed by atoms with van der Waals surface area (Å²) >= 11 is 0. The Labute approximate surface area is 208 Å². The second kappa shape index (κ2) is 9.48. The molecule has 0 N–H and O–H groups in total. The fourth-order valence-corrected chi connectivity index (χ4v) is 4.89. The first-order chi connectivity index (χ1) is 16.7. The molecule has 5 heterocycles. The number of fused-ring (bicyclic) bond motifs is 1. The Kier molecular flexibility index (Phi) is 6.23. The van der Waals surface area contributed by atoms with Crippen molar-refractivity contribution in [1.29, 1.82) is 0 Å². The average molecular weight is 488 g/mol. The molecule has 6 rings (SSSR count). The quantitative estimate of drug-likeness (QED) is 0.376. The molecule has 5 aromatic rings. The smallest absolute Gasteiger partial charge is 0.335 e. The number of hydrogen-bond donors (Lipinski definition) is 0. The van der Waals surface area contributed by atoms with Gasteiger partial charge < -0.3 is 4.57 Å². The molecule has 8 nitrogen and oxygen atoms in total. The van der Waals surface area contributed by atoms with Gasteiger partial charge in [-0.25, -0.2) is 14.8 Å². The van der Waals surface area contributed by atoms with Crippen molar-refractivity contribution in [2.75, 3.05) is 13.1 Å². The van der Waals surface area contributed by atoms with Crippen molar-refractivity contribution in [2.45, 2.75) is 19.0 Å². The van der Waals surface area contributed by atoms with Gasteiger partial charge in [-0.1, -0.05) is 12.1 Å². The fraction of sp³-hybridized carbons (Fsp3) is 0.231. The van der Waals surface area contributed by atoms with E-state index in [0.717, 1.165) is 59.9 Å². The zero-order valence-corrected chi connectivity index (χ0v) is 20.2. The molecule has 0 saturated carbocycles. The van der Waals surface area contributed by atoms with Crippen LogP contribution in [-0.2, 0) is 13.6 Å². The number of halogens is 1. The molecule has 0 amide bonds. The first kappa shape index (κ1) is 23.0. The Bertz CT molecular complexity index is 1500. The van der Waals surface area contributed by atoms with Crippen LogP contribution in [-0.4, -0.2) is 46.6 Å². The number of benzene rings is 1. The van der Waals surface area contributed by atoms with E-state index in [2.05, 4.69) is 19.9 Å². The molecular weight excluding hydrogens is 462 g/mol. The van der Waals surface area contributed by atoms with Crippen molar-refractivity contribution < 1.29 is 0 Å². The van der Waals surface area contributed by atoms with Crippen LogP contribution >= 0.6 is 12.4 Å². The minimum absolute atomic E-state index is 0. The molecule has 0 radical (unpaired) electrons. The second-order valence-corrected chi connectivity index (χ2v) is 8.75. The Morgan fingerprint density at radius 2 is 1.71 bits per heavy atom. The summed E-state index contributed by atoms with van der Waals surface area (Å²) in [6.07, 6.45) is 10.0. The summed E-state index contributed by atoms with van der Waals surface area (Å²) < 4.78 is 5.70. The van der Waals surface area contributed by atoms with E-state index in [9.17, 15) is 4.79 Å². The molecule has 1 atom stereocenters. The lowest BCUT2D eigenvalue weighted by Crippen LogP contribution is -2.29. The van der Waals surface area contributed by atoms with Crippen molar-refractivity contribution >= 4 is 23.6 Å². The monoisotopic (exact) mass is 487 g/mol. The zero-order chi connectivity index (χ0) is 23.1. The largest absolute Gasteiger partial charge is 0.337 e. The van der Waals surface area contributed by atoms with Gasteiger partial charge in [-0.2, -0.15) is 0 Å². The Morgan fingerprint density at radius 3 is 2.46 bits per heavy atom. The molecule has 1 fully saturated rings. The predicted octanol–water partition coefficient (Wildman–Crippen LogP) is 3.85. The van der Waals surface area contributed by atoms with E-state index in [-0.39, 0.29) is 24.1 Å². The maximum atomic E-state index is 13.8. The van der Waals surface area contributed by atoms with Crippen LogP contribution in [0.2, 0.25) is 0 Å². The molecule has 0 aliphatic carbocycles. The van der Waals surface area contributed by atoms with Crippen LogP contribution in [0.5, 0.6) is 0 Å². The summed E-state index contributed by atoms with van der Waals surface area (Å²) in [5.74, 6) is 1.03. The number of likely N-dealkylation sites (tertiary alicyclic amines) is 1. The van der Waals surface area contributed by atoms with Crippen molar-refractivity contribution in [3.63, 3.8) is 0 Å². The lowest BCUT2D eigenvalue weighted by Gasteiger charge is -2.16. The number of hydrogen-bond acceptors (Lipinski definition) is 5. The van der Waals surface area contributed by atoms with Gasteiger partial charge in [0.25, 0.3) is 0 Å². The summed E-state index contributed by atoms with van der Waals surface area (Å²) in [7, 11) is 2.01. The molecule has 1 aromatic carbocycles. The van der Waals surface area contributed by atoms with E-state index in [1.807, 2.05) is 77.1 Å². The standard InChI is InChI=1S/C26H25N7O.ClH/c1-30-16-14-28-24(30)18-31-15-10-22(17-31)33-25-23(3-2-11-29-25)32(26(33)34)21-6-4-19(5-7-21)20-8-12-27-13-9-20;/h2-9,11-14,16,22H,10,15,17-18H2,1H3;1H. The van der Waals surface area contributed by atoms with Gasteiger partial charge in [0, 0.05) is 51.1 Å². The van der Waals surface area contributed by atoms with Gasteiger partial charge in [0.05, 0.1) is 23.8 Å². The number of imidazole rings is 2. The number of rotatable bonds is 5. The average Bonchev–Trinajstić information content (AvgIpc) is 3.57. The SMILES string of the molecule is Cl.Cn1ccnc1CN1CCC(n2c(=O)n(-c3ccc(-c4ccncc4)cc3)c3cccnc32)C1. The highest BCUT2D eigenvalue weighted by Gasteiger charge is 2.29. The Morgan fingerprint density at radius 1 is 0.943 bits per heavy atom. The van der Waals surface area contributed by atoms with E-state index in [1.165, 1.54) is 0 Å². The van der Waals surface area contributed by atoms with Crippen molar-refractivity contribution in [2.24, 2.45) is 7.05 Å². The third-order valence-corrected chi connectivity index (χ3v) is 6.67. The van der Waals surface area contributed by atoms with E-state index in [1.54, 1.807) is 23.2 Å². The molecule has 1 saturated heterocycles. The summed E-state index contributed by atoms with van der Waals surface area (Å²) in [4.78, 5) is 29.3. The molecule has 178 valence electrons. The van der Waals surface area contributed by atoms with E-state index in [0.29, 0.717) is 0 Å². The molecule has 0 bridgehead atoms. The molecular formula is C26H26ClN7O. The topological polar surface area (TPSA) is 73.8 Å². The van der Waals surface area contributed by atoms with Crippen LogP contribution in [0, 0.1) is 0 Å². The summed E-state index contributed by atoms with van der Waals surface area (Å²) in [6.45, 7) is 2.49. The number of aryl methyl sites for hydroxylation is 1. The van der Waals surface area contributed by atoms with Crippen LogP contribution in [0.3, 0.4) is 0 Å². The molecule has 9 heteroatoms. The lowest BCUT2D eigenvalue weighted by atomic mass is 10.1. The molecule has 1 unspecified atom stereocenters. The molecule has 0 spiro atoms. The summed E-state index contributed by atoms with van der Waals surface area (Å²) in [5, 5.41) is 0. The van der Waals surface area contributed by atoms with Gasteiger partial charge in [-0.15, -0.1) is 12.4 Å². The zero-order valence-electron chi connectivity index (χ0n) is 19.4. The first-order valence-electron chi connectivity index (χ1n) is 11.5. The van der Waals surface area contributed by atoms with Gasteiger partial charge in [0.15, 0.2) is 5.65 Å². The highest BCUT2D eigenvalue weighted by atomic mass is 35.5. The van der Waals surface area contributed by atoms with Gasteiger partial charge in [0.2, 0.25) is 0 Å². The summed E-state index contributed by atoms with van der Waals surface area (Å²) in [5.41, 5.74) is 4.52. The fourth-order valence-electron chi connectivity index (χ4n) is 4.89. The Balaban J connectivity index is 0.00000253. The molecule has 1 aliphatic heterocycles. The molecule has 35 heavy (non-hydrogen) atoms. The number of nitrogens with zero attached hydrogens (tertiary/aromatic N) is 7. The summed E-state index contributed by atoms with van der Waals surface area (Å²) in [6, 6.07) is 16.0.